The van der Waals surface area contributed by atoms with Crippen LogP contribution in [-0.4, -0.2) is 36.9 Å². The summed E-state index contributed by atoms with van der Waals surface area (Å²) in [6, 6.07) is 0. The highest BCUT2D eigenvalue weighted by Crippen LogP contribution is 2.09. The van der Waals surface area contributed by atoms with Crippen molar-refractivity contribution >= 4 is 6.09 Å². The second-order valence-corrected chi connectivity index (χ2v) is 4.30. The normalized spacial score (nSPS) is 11.2. The molecule has 0 N–H and O–H groups in total. The van der Waals surface area contributed by atoms with E-state index < -0.39 is 5.60 Å². The number of hydrogen-bond acceptors (Lipinski definition) is 2. The molecule has 0 aliphatic rings. The van der Waals surface area contributed by atoms with E-state index >= 15 is 0 Å². The average Bonchev–Trinajstić information content (AvgIpc) is 2.01. The molecule has 0 bridgehead atoms. The third-order valence-corrected chi connectivity index (χ3v) is 1.58. The molecule has 0 unspecified atom stereocenters. The maximum atomic E-state index is 11.8. The molecule has 0 aliphatic carbocycles. The lowest BCUT2D eigenvalue weighted by Crippen LogP contribution is -2.34. The Hall–Kier alpha value is -0.800. The van der Waals surface area contributed by atoms with Crippen LogP contribution in [0, 0.1) is 0 Å². The van der Waals surface area contributed by atoms with Crippen LogP contribution in [-0.2, 0) is 4.74 Å². The molecule has 0 aromatic heterocycles. The zero-order valence-corrected chi connectivity index (χ0v) is 9.47. The van der Waals surface area contributed by atoms with Crippen LogP contribution in [0.15, 0.2) is 0 Å². The number of nitrogens with zero attached hydrogens (tertiary/aromatic N) is 1. The quantitative estimate of drug-likeness (QED) is 0.660. The summed E-state index contributed by atoms with van der Waals surface area (Å²) < 4.78 is 16.9. The standard InChI is InChI=1S/C10H20FNO2/c1-10(2,3)14-9(13)12(4)8-6-5-7-11/h5-8H2,1-4H3. The van der Waals surface area contributed by atoms with Crippen LogP contribution < -0.4 is 0 Å². The van der Waals surface area contributed by atoms with Gasteiger partial charge >= 0.3 is 6.09 Å². The van der Waals surface area contributed by atoms with E-state index in [0.717, 1.165) is 0 Å². The summed E-state index contributed by atoms with van der Waals surface area (Å²) in [7, 11) is 1.66. The molecule has 0 heterocycles. The minimum absolute atomic E-state index is 0.331. The van der Waals surface area contributed by atoms with Crippen LogP contribution in [0.4, 0.5) is 9.18 Å². The Kier molecular flexibility index (Phi) is 5.50. The molecule has 3 nitrogen and oxygen atoms in total. The Labute approximate surface area is 85.2 Å². The van der Waals surface area contributed by atoms with Crippen LogP contribution in [0.25, 0.3) is 0 Å². The largest absolute Gasteiger partial charge is 0.444 e. The number of ether oxygens (including phenoxy) is 1. The van der Waals surface area contributed by atoms with E-state index in [4.69, 9.17) is 4.74 Å². The minimum Gasteiger partial charge on any atom is -0.444 e. The molecule has 0 spiro atoms. The van der Waals surface area contributed by atoms with Gasteiger partial charge in [0.15, 0.2) is 0 Å². The van der Waals surface area contributed by atoms with Crippen LogP contribution in [0.2, 0.25) is 0 Å². The number of alkyl halides is 1. The molecule has 0 saturated carbocycles. The monoisotopic (exact) mass is 205 g/mol. The molecular weight excluding hydrogens is 185 g/mol. The number of unbranched alkanes of at least 4 members (excludes halogenated alkanes) is 1. The maximum absolute atomic E-state index is 11.8. The summed E-state index contributed by atoms with van der Waals surface area (Å²) in [5.41, 5.74) is -0.467. The molecule has 0 saturated heterocycles. The summed E-state index contributed by atoms with van der Waals surface area (Å²) >= 11 is 0. The van der Waals surface area contributed by atoms with Gasteiger partial charge < -0.3 is 9.64 Å². The first-order valence-corrected chi connectivity index (χ1v) is 4.87. The summed E-state index contributed by atoms with van der Waals surface area (Å²) in [6.07, 6.45) is 0.815. The fourth-order valence-corrected chi connectivity index (χ4v) is 0.875. The van der Waals surface area contributed by atoms with Gasteiger partial charge in [-0.05, 0) is 33.6 Å². The van der Waals surface area contributed by atoms with Gasteiger partial charge in [-0.3, -0.25) is 4.39 Å². The lowest BCUT2D eigenvalue weighted by Gasteiger charge is -2.24. The van der Waals surface area contributed by atoms with Crippen LogP contribution in [0.3, 0.4) is 0 Å². The molecule has 0 aromatic carbocycles. The Bertz CT molecular complexity index is 177. The molecular formula is C10H20FNO2. The van der Waals surface area contributed by atoms with Crippen molar-refractivity contribution < 1.29 is 13.9 Å². The van der Waals surface area contributed by atoms with Crippen molar-refractivity contribution in [2.75, 3.05) is 20.3 Å². The van der Waals surface area contributed by atoms with E-state index in [-0.39, 0.29) is 12.8 Å². The summed E-state index contributed by atoms with van der Waals surface area (Å²) in [5.74, 6) is 0. The first-order valence-electron chi connectivity index (χ1n) is 4.87. The topological polar surface area (TPSA) is 29.5 Å². The van der Waals surface area contributed by atoms with Crippen molar-refractivity contribution in [1.82, 2.24) is 4.90 Å². The molecule has 84 valence electrons. The number of rotatable bonds is 4. The van der Waals surface area contributed by atoms with Gasteiger partial charge in [-0.25, -0.2) is 4.79 Å². The summed E-state index contributed by atoms with van der Waals surface area (Å²) in [4.78, 5) is 12.8. The van der Waals surface area contributed by atoms with Crippen molar-refractivity contribution in [3.8, 4) is 0 Å². The van der Waals surface area contributed by atoms with Gasteiger partial charge in [-0.2, -0.15) is 0 Å². The predicted octanol–water partition coefficient (Wildman–Crippen LogP) is 2.60. The second kappa shape index (κ2) is 5.83. The van der Waals surface area contributed by atoms with Gasteiger partial charge in [-0.15, -0.1) is 0 Å². The number of hydrogen-bond donors (Lipinski definition) is 0. The van der Waals surface area contributed by atoms with E-state index in [0.29, 0.717) is 19.4 Å². The third-order valence-electron chi connectivity index (χ3n) is 1.58. The SMILES string of the molecule is CN(CCCCF)C(=O)OC(C)(C)C. The average molecular weight is 205 g/mol. The molecule has 0 fully saturated rings. The Morgan fingerprint density at radius 1 is 1.36 bits per heavy atom. The predicted molar refractivity (Wildman–Crippen MR) is 54.1 cm³/mol. The minimum atomic E-state index is -0.467. The summed E-state index contributed by atoms with van der Waals surface area (Å²) in [5, 5.41) is 0. The number of amides is 1. The zero-order valence-electron chi connectivity index (χ0n) is 9.47. The number of carbonyl (C=O) groups is 1. The van der Waals surface area contributed by atoms with Crippen molar-refractivity contribution in [3.63, 3.8) is 0 Å². The van der Waals surface area contributed by atoms with E-state index in [2.05, 4.69) is 0 Å². The molecule has 0 atom stereocenters. The molecule has 4 heteroatoms. The van der Waals surface area contributed by atoms with Gasteiger partial charge in [0.05, 0.1) is 6.67 Å². The smallest absolute Gasteiger partial charge is 0.410 e. The maximum Gasteiger partial charge on any atom is 0.410 e. The van der Waals surface area contributed by atoms with Gasteiger partial charge in [0.2, 0.25) is 0 Å². The highest BCUT2D eigenvalue weighted by molar-refractivity contribution is 5.67. The molecule has 0 radical (unpaired) electrons. The lowest BCUT2D eigenvalue weighted by molar-refractivity contribution is 0.0295. The number of carbonyl (C=O) groups excluding carboxylic acids is 1. The van der Waals surface area contributed by atoms with E-state index in [1.54, 1.807) is 7.05 Å². The van der Waals surface area contributed by atoms with Crippen molar-refractivity contribution in [2.45, 2.75) is 39.2 Å². The molecule has 0 aliphatic heterocycles. The Morgan fingerprint density at radius 2 is 1.93 bits per heavy atom. The molecule has 14 heavy (non-hydrogen) atoms. The third kappa shape index (κ3) is 6.69. The van der Waals surface area contributed by atoms with Crippen molar-refractivity contribution in [2.24, 2.45) is 0 Å². The van der Waals surface area contributed by atoms with Gasteiger partial charge in [0.25, 0.3) is 0 Å². The highest BCUT2D eigenvalue weighted by atomic mass is 19.1. The lowest BCUT2D eigenvalue weighted by atomic mass is 10.2. The van der Waals surface area contributed by atoms with Crippen LogP contribution in [0.1, 0.15) is 33.6 Å². The van der Waals surface area contributed by atoms with Crippen LogP contribution in [0.5, 0.6) is 0 Å². The molecule has 1 amide bonds. The van der Waals surface area contributed by atoms with E-state index in [9.17, 15) is 9.18 Å². The Balaban J connectivity index is 3.77. The number of halogens is 1. The Morgan fingerprint density at radius 3 is 2.36 bits per heavy atom. The van der Waals surface area contributed by atoms with Gasteiger partial charge in [0.1, 0.15) is 5.60 Å². The van der Waals surface area contributed by atoms with E-state index in [1.165, 1.54) is 4.90 Å². The molecule has 0 rings (SSSR count). The fourth-order valence-electron chi connectivity index (χ4n) is 0.875. The fraction of sp³-hybridized carbons (Fsp3) is 0.900. The van der Waals surface area contributed by atoms with E-state index in [1.807, 2.05) is 20.8 Å². The highest BCUT2D eigenvalue weighted by Gasteiger charge is 2.18. The van der Waals surface area contributed by atoms with Gasteiger partial charge in [0, 0.05) is 13.6 Å². The molecule has 0 aromatic rings. The second-order valence-electron chi connectivity index (χ2n) is 4.30. The van der Waals surface area contributed by atoms with Gasteiger partial charge in [-0.1, -0.05) is 0 Å². The first-order chi connectivity index (χ1) is 6.37. The van der Waals surface area contributed by atoms with Crippen molar-refractivity contribution in [3.05, 3.63) is 0 Å². The van der Waals surface area contributed by atoms with Crippen molar-refractivity contribution in [1.29, 1.82) is 0 Å². The zero-order chi connectivity index (χ0) is 11.2. The first kappa shape index (κ1) is 13.2. The van der Waals surface area contributed by atoms with Crippen LogP contribution >= 0.6 is 0 Å². The summed E-state index contributed by atoms with van der Waals surface area (Å²) in [6.45, 7) is 5.67.